The van der Waals surface area contributed by atoms with Gasteiger partial charge in [0.25, 0.3) is 5.91 Å². The van der Waals surface area contributed by atoms with Crippen LogP contribution in [0.2, 0.25) is 0 Å². The average molecular weight is 373 g/mol. The van der Waals surface area contributed by atoms with Crippen molar-refractivity contribution in [1.82, 2.24) is 15.5 Å². The third-order valence-corrected chi connectivity index (χ3v) is 4.41. The van der Waals surface area contributed by atoms with Gasteiger partial charge in [-0.15, -0.1) is 0 Å². The predicted molar refractivity (Wildman–Crippen MR) is 89.8 cm³/mol. The van der Waals surface area contributed by atoms with Gasteiger partial charge in [0.05, 0.1) is 0 Å². The largest absolute Gasteiger partial charge is 0.471 e. The lowest BCUT2D eigenvalue weighted by Gasteiger charge is -2.05. The smallest absolute Gasteiger partial charge is 0.349 e. The summed E-state index contributed by atoms with van der Waals surface area (Å²) in [6.07, 6.45) is -3.80. The SMILES string of the molecule is O=C(NC1CC1c1ccccc1)c1ccc(-c2noc(C(F)(F)F)n2)cc1. The van der Waals surface area contributed by atoms with E-state index in [9.17, 15) is 18.0 Å². The summed E-state index contributed by atoms with van der Waals surface area (Å²) in [6, 6.07) is 16.1. The fourth-order valence-electron chi connectivity index (χ4n) is 2.90. The number of carbonyl (C=O) groups is 1. The molecular formula is C19H14F3N3O2. The molecule has 1 saturated carbocycles. The summed E-state index contributed by atoms with van der Waals surface area (Å²) in [5, 5.41) is 6.29. The summed E-state index contributed by atoms with van der Waals surface area (Å²) in [6.45, 7) is 0. The van der Waals surface area contributed by atoms with E-state index in [1.54, 1.807) is 0 Å². The summed E-state index contributed by atoms with van der Waals surface area (Å²) in [4.78, 5) is 15.7. The Labute approximate surface area is 152 Å². The normalized spacial score (nSPS) is 18.9. The maximum atomic E-state index is 12.5. The second-order valence-electron chi connectivity index (χ2n) is 6.33. The average Bonchev–Trinajstić information content (AvgIpc) is 3.23. The van der Waals surface area contributed by atoms with Crippen molar-refractivity contribution in [3.05, 3.63) is 71.6 Å². The van der Waals surface area contributed by atoms with Gasteiger partial charge in [-0.25, -0.2) is 0 Å². The Balaban J connectivity index is 1.41. The van der Waals surface area contributed by atoms with Gasteiger partial charge in [0.2, 0.25) is 5.82 Å². The molecule has 0 aliphatic heterocycles. The molecule has 8 heteroatoms. The van der Waals surface area contributed by atoms with Crippen LogP contribution in [0.25, 0.3) is 11.4 Å². The summed E-state index contributed by atoms with van der Waals surface area (Å²) < 4.78 is 41.8. The second kappa shape index (κ2) is 6.53. The Morgan fingerprint density at radius 2 is 1.78 bits per heavy atom. The quantitative estimate of drug-likeness (QED) is 0.749. The fraction of sp³-hybridized carbons (Fsp3) is 0.211. The van der Waals surface area contributed by atoms with Gasteiger partial charge in [0, 0.05) is 23.1 Å². The van der Waals surface area contributed by atoms with E-state index in [0.29, 0.717) is 17.0 Å². The van der Waals surface area contributed by atoms with Crippen LogP contribution in [0.15, 0.2) is 59.1 Å². The highest BCUT2D eigenvalue weighted by atomic mass is 19.4. The molecule has 3 aromatic rings. The van der Waals surface area contributed by atoms with Gasteiger partial charge >= 0.3 is 12.1 Å². The van der Waals surface area contributed by atoms with E-state index in [1.807, 2.05) is 30.3 Å². The molecule has 1 aliphatic carbocycles. The molecule has 0 bridgehead atoms. The first-order valence-corrected chi connectivity index (χ1v) is 8.29. The number of hydrogen-bond donors (Lipinski definition) is 1. The molecule has 2 aromatic carbocycles. The van der Waals surface area contributed by atoms with Crippen molar-refractivity contribution in [1.29, 1.82) is 0 Å². The molecule has 2 unspecified atom stereocenters. The van der Waals surface area contributed by atoms with Crippen LogP contribution in [0.4, 0.5) is 13.2 Å². The number of halogens is 3. The van der Waals surface area contributed by atoms with E-state index in [1.165, 1.54) is 29.8 Å². The monoisotopic (exact) mass is 373 g/mol. The minimum atomic E-state index is -4.69. The first-order chi connectivity index (χ1) is 12.9. The lowest BCUT2D eigenvalue weighted by Crippen LogP contribution is -2.26. The van der Waals surface area contributed by atoms with Gasteiger partial charge in [-0.2, -0.15) is 18.2 Å². The Kier molecular flexibility index (Phi) is 4.18. The van der Waals surface area contributed by atoms with Crippen LogP contribution < -0.4 is 5.32 Å². The van der Waals surface area contributed by atoms with E-state index in [0.717, 1.165) is 6.42 Å². The Hall–Kier alpha value is -3.16. The summed E-state index contributed by atoms with van der Waals surface area (Å²) in [7, 11) is 0. The van der Waals surface area contributed by atoms with Crippen molar-refractivity contribution in [2.24, 2.45) is 0 Å². The van der Waals surface area contributed by atoms with Gasteiger partial charge in [-0.3, -0.25) is 4.79 Å². The van der Waals surface area contributed by atoms with Crippen molar-refractivity contribution in [3.63, 3.8) is 0 Å². The van der Waals surface area contributed by atoms with E-state index >= 15 is 0 Å². The topological polar surface area (TPSA) is 68.0 Å². The highest BCUT2D eigenvalue weighted by Crippen LogP contribution is 2.40. The molecule has 0 spiro atoms. The Morgan fingerprint density at radius 1 is 1.07 bits per heavy atom. The Bertz CT molecular complexity index is 952. The first kappa shape index (κ1) is 17.3. The van der Waals surface area contributed by atoms with Gasteiger partial charge in [0.15, 0.2) is 0 Å². The zero-order chi connectivity index (χ0) is 19.0. The summed E-state index contributed by atoms with van der Waals surface area (Å²) in [5.41, 5.74) is 1.94. The number of rotatable bonds is 4. The van der Waals surface area contributed by atoms with Crippen LogP contribution in [0.1, 0.15) is 34.2 Å². The number of carbonyl (C=O) groups excluding carboxylic acids is 1. The van der Waals surface area contributed by atoms with Crippen LogP contribution in [0.3, 0.4) is 0 Å². The third kappa shape index (κ3) is 3.69. The number of nitrogens with zero attached hydrogens (tertiary/aromatic N) is 2. The van der Waals surface area contributed by atoms with Crippen LogP contribution in [-0.4, -0.2) is 22.1 Å². The lowest BCUT2D eigenvalue weighted by atomic mass is 10.1. The van der Waals surface area contributed by atoms with Gasteiger partial charge in [-0.1, -0.05) is 47.6 Å². The molecule has 0 saturated heterocycles. The van der Waals surface area contributed by atoms with Crippen molar-refractivity contribution in [3.8, 4) is 11.4 Å². The molecule has 0 radical (unpaired) electrons. The minimum Gasteiger partial charge on any atom is -0.349 e. The van der Waals surface area contributed by atoms with Gasteiger partial charge < -0.3 is 9.84 Å². The fourth-order valence-corrected chi connectivity index (χ4v) is 2.90. The molecule has 1 fully saturated rings. The molecule has 2 atom stereocenters. The molecular weight excluding hydrogens is 359 g/mol. The molecule has 138 valence electrons. The first-order valence-electron chi connectivity index (χ1n) is 8.29. The molecule has 5 nitrogen and oxygen atoms in total. The van der Waals surface area contributed by atoms with Crippen LogP contribution in [0, 0.1) is 0 Å². The second-order valence-corrected chi connectivity index (χ2v) is 6.33. The number of alkyl halides is 3. The summed E-state index contributed by atoms with van der Waals surface area (Å²) >= 11 is 0. The molecule has 1 heterocycles. The van der Waals surface area contributed by atoms with E-state index in [4.69, 9.17) is 0 Å². The summed E-state index contributed by atoms with van der Waals surface area (Å²) in [5.74, 6) is -1.50. The molecule has 4 rings (SSSR count). The molecule has 1 aliphatic rings. The Morgan fingerprint density at radius 3 is 2.41 bits per heavy atom. The zero-order valence-electron chi connectivity index (χ0n) is 13.9. The molecule has 1 N–H and O–H groups in total. The number of amides is 1. The number of nitrogens with one attached hydrogen (secondary N) is 1. The van der Waals surface area contributed by atoms with E-state index in [2.05, 4.69) is 20.0 Å². The van der Waals surface area contributed by atoms with Crippen molar-refractivity contribution in [2.75, 3.05) is 0 Å². The van der Waals surface area contributed by atoms with Crippen molar-refractivity contribution >= 4 is 5.91 Å². The number of aromatic nitrogens is 2. The maximum absolute atomic E-state index is 12.5. The number of hydrogen-bond acceptors (Lipinski definition) is 4. The zero-order valence-corrected chi connectivity index (χ0v) is 13.9. The third-order valence-electron chi connectivity index (χ3n) is 4.41. The van der Waals surface area contributed by atoms with E-state index in [-0.39, 0.29) is 17.8 Å². The predicted octanol–water partition coefficient (Wildman–Crippen LogP) is 4.04. The molecule has 1 amide bonds. The maximum Gasteiger partial charge on any atom is 0.471 e. The molecule has 27 heavy (non-hydrogen) atoms. The van der Waals surface area contributed by atoms with Gasteiger partial charge in [-0.05, 0) is 24.1 Å². The highest BCUT2D eigenvalue weighted by molar-refractivity contribution is 5.95. The van der Waals surface area contributed by atoms with Crippen LogP contribution in [0.5, 0.6) is 0 Å². The van der Waals surface area contributed by atoms with Crippen LogP contribution in [-0.2, 0) is 6.18 Å². The molecule has 1 aromatic heterocycles. The minimum absolute atomic E-state index is 0.0890. The standard InChI is InChI=1S/C19H14F3N3O2/c20-19(21,22)18-24-16(25-27-18)12-6-8-13(9-7-12)17(26)23-15-10-14(15)11-4-2-1-3-5-11/h1-9,14-15H,10H2,(H,23,26). The van der Waals surface area contributed by atoms with E-state index < -0.39 is 12.1 Å². The van der Waals surface area contributed by atoms with Gasteiger partial charge in [0.1, 0.15) is 0 Å². The van der Waals surface area contributed by atoms with Crippen molar-refractivity contribution in [2.45, 2.75) is 24.6 Å². The highest BCUT2D eigenvalue weighted by Gasteiger charge is 2.40. The van der Waals surface area contributed by atoms with Crippen LogP contribution >= 0.6 is 0 Å². The lowest BCUT2D eigenvalue weighted by molar-refractivity contribution is -0.159. The number of benzene rings is 2. The van der Waals surface area contributed by atoms with Crippen molar-refractivity contribution < 1.29 is 22.5 Å².